The fraction of sp³-hybridized carbons (Fsp3) is 0.364. The quantitative estimate of drug-likeness (QED) is 0.838. The van der Waals surface area contributed by atoms with E-state index >= 15 is 0 Å². The normalized spacial score (nSPS) is 12.2. The Morgan fingerprint density at radius 1 is 1.62 bits per heavy atom. The largest absolute Gasteiger partial charge is 0.480 e. The fourth-order valence-electron chi connectivity index (χ4n) is 1.33. The van der Waals surface area contributed by atoms with Crippen molar-refractivity contribution in [3.05, 3.63) is 29.0 Å². The van der Waals surface area contributed by atoms with Crippen LogP contribution in [0.1, 0.15) is 19.8 Å². The van der Waals surface area contributed by atoms with Crippen LogP contribution in [-0.2, 0) is 4.79 Å². The highest BCUT2D eigenvalue weighted by Crippen LogP contribution is 2.20. The Labute approximate surface area is 98.2 Å². The smallest absolute Gasteiger partial charge is 0.326 e. The molecule has 1 aromatic carbocycles. The average molecular weight is 246 g/mol. The number of rotatable bonds is 5. The second-order valence-electron chi connectivity index (χ2n) is 3.45. The van der Waals surface area contributed by atoms with Gasteiger partial charge >= 0.3 is 5.97 Å². The van der Waals surface area contributed by atoms with Gasteiger partial charge in [0.05, 0.1) is 5.02 Å². The summed E-state index contributed by atoms with van der Waals surface area (Å²) in [4.78, 5) is 10.9. The standard InChI is InChI=1S/C11H13ClFNO2/c1-2-3-10(11(15)16)14-7-4-5-9(13)8(12)6-7/h4-6,10,14H,2-3H2,1H3,(H,15,16)/t10-/m0/s1. The molecule has 0 amide bonds. The van der Waals surface area contributed by atoms with Crippen molar-refractivity contribution in [2.45, 2.75) is 25.8 Å². The summed E-state index contributed by atoms with van der Waals surface area (Å²) in [6.07, 6.45) is 1.25. The molecule has 0 fully saturated rings. The van der Waals surface area contributed by atoms with Crippen LogP contribution in [0.5, 0.6) is 0 Å². The first-order chi connectivity index (χ1) is 7.54. The van der Waals surface area contributed by atoms with Crippen LogP contribution in [0, 0.1) is 5.82 Å². The number of hydrogen-bond acceptors (Lipinski definition) is 2. The third-order valence-corrected chi connectivity index (χ3v) is 2.43. The van der Waals surface area contributed by atoms with Crippen molar-refractivity contribution in [3.63, 3.8) is 0 Å². The molecule has 2 N–H and O–H groups in total. The number of carboxylic acids is 1. The number of aliphatic carboxylic acids is 1. The molecule has 3 nitrogen and oxygen atoms in total. The summed E-state index contributed by atoms with van der Waals surface area (Å²) >= 11 is 5.59. The summed E-state index contributed by atoms with van der Waals surface area (Å²) in [6, 6.07) is 3.37. The van der Waals surface area contributed by atoms with E-state index in [2.05, 4.69) is 5.32 Å². The number of anilines is 1. The number of benzene rings is 1. The Morgan fingerprint density at radius 3 is 2.81 bits per heavy atom. The summed E-state index contributed by atoms with van der Waals surface area (Å²) in [5.74, 6) is -1.45. The number of carbonyl (C=O) groups is 1. The highest BCUT2D eigenvalue weighted by molar-refractivity contribution is 6.31. The Bertz CT molecular complexity index is 384. The molecular weight excluding hydrogens is 233 g/mol. The summed E-state index contributed by atoms with van der Waals surface area (Å²) in [7, 11) is 0. The zero-order valence-electron chi connectivity index (χ0n) is 8.84. The topological polar surface area (TPSA) is 49.3 Å². The maximum atomic E-state index is 12.9. The first-order valence-corrected chi connectivity index (χ1v) is 5.36. The lowest BCUT2D eigenvalue weighted by Crippen LogP contribution is -2.28. The van der Waals surface area contributed by atoms with Crippen molar-refractivity contribution in [1.82, 2.24) is 0 Å². The van der Waals surface area contributed by atoms with Crippen molar-refractivity contribution in [1.29, 1.82) is 0 Å². The van der Waals surface area contributed by atoms with Crippen LogP contribution in [0.4, 0.5) is 10.1 Å². The van der Waals surface area contributed by atoms with Crippen molar-refractivity contribution < 1.29 is 14.3 Å². The van der Waals surface area contributed by atoms with Crippen molar-refractivity contribution in [3.8, 4) is 0 Å². The molecule has 0 unspecified atom stereocenters. The highest BCUT2D eigenvalue weighted by atomic mass is 35.5. The van der Waals surface area contributed by atoms with Crippen LogP contribution in [0.3, 0.4) is 0 Å². The molecule has 0 saturated carbocycles. The van der Waals surface area contributed by atoms with Gasteiger partial charge < -0.3 is 10.4 Å². The van der Waals surface area contributed by atoms with Gasteiger partial charge in [-0.1, -0.05) is 24.9 Å². The molecule has 0 saturated heterocycles. The minimum absolute atomic E-state index is 0.0226. The molecule has 1 aromatic rings. The maximum absolute atomic E-state index is 12.9. The van der Waals surface area contributed by atoms with Crippen LogP contribution in [0.2, 0.25) is 5.02 Å². The van der Waals surface area contributed by atoms with Gasteiger partial charge in [-0.25, -0.2) is 9.18 Å². The third kappa shape index (κ3) is 3.38. The van der Waals surface area contributed by atoms with Gasteiger partial charge in [0, 0.05) is 5.69 Å². The molecule has 0 aliphatic heterocycles. The zero-order valence-corrected chi connectivity index (χ0v) is 9.59. The Hall–Kier alpha value is -1.29. The lowest BCUT2D eigenvalue weighted by atomic mass is 10.1. The molecule has 0 heterocycles. The van der Waals surface area contributed by atoms with Crippen LogP contribution in [0.15, 0.2) is 18.2 Å². The average Bonchev–Trinajstić information content (AvgIpc) is 2.22. The molecule has 16 heavy (non-hydrogen) atoms. The fourth-order valence-corrected chi connectivity index (χ4v) is 1.51. The van der Waals surface area contributed by atoms with Gasteiger partial charge in [-0.05, 0) is 24.6 Å². The van der Waals surface area contributed by atoms with E-state index in [1.807, 2.05) is 6.92 Å². The van der Waals surface area contributed by atoms with Crippen LogP contribution in [0.25, 0.3) is 0 Å². The number of nitrogens with one attached hydrogen (secondary N) is 1. The lowest BCUT2D eigenvalue weighted by molar-refractivity contribution is -0.138. The van der Waals surface area contributed by atoms with Crippen molar-refractivity contribution in [2.24, 2.45) is 0 Å². The van der Waals surface area contributed by atoms with E-state index in [1.54, 1.807) is 0 Å². The first-order valence-electron chi connectivity index (χ1n) is 4.99. The second kappa shape index (κ2) is 5.70. The minimum atomic E-state index is -0.928. The van der Waals surface area contributed by atoms with E-state index < -0.39 is 17.8 Å². The van der Waals surface area contributed by atoms with Crippen LogP contribution < -0.4 is 5.32 Å². The van der Waals surface area contributed by atoms with E-state index in [0.717, 1.165) is 6.42 Å². The molecule has 1 rings (SSSR count). The van der Waals surface area contributed by atoms with Gasteiger partial charge in [-0.2, -0.15) is 0 Å². The van der Waals surface area contributed by atoms with E-state index in [-0.39, 0.29) is 5.02 Å². The maximum Gasteiger partial charge on any atom is 0.326 e. The van der Waals surface area contributed by atoms with Gasteiger partial charge in [-0.15, -0.1) is 0 Å². The number of hydrogen-bond donors (Lipinski definition) is 2. The molecule has 1 atom stereocenters. The molecule has 0 spiro atoms. The summed E-state index contributed by atoms with van der Waals surface area (Å²) in [5.41, 5.74) is 0.507. The predicted octanol–water partition coefficient (Wildman–Crippen LogP) is 3.14. The molecule has 0 aliphatic rings. The van der Waals surface area contributed by atoms with Gasteiger partial charge in [0.2, 0.25) is 0 Å². The Morgan fingerprint density at radius 2 is 2.31 bits per heavy atom. The summed E-state index contributed by atoms with van der Waals surface area (Å²) < 4.78 is 12.9. The van der Waals surface area contributed by atoms with E-state index in [9.17, 15) is 9.18 Å². The predicted molar refractivity (Wildman–Crippen MR) is 61.4 cm³/mol. The van der Waals surface area contributed by atoms with Gasteiger partial charge in [0.1, 0.15) is 11.9 Å². The molecule has 0 aliphatic carbocycles. The van der Waals surface area contributed by atoms with E-state index in [4.69, 9.17) is 16.7 Å². The molecular formula is C11H13ClFNO2. The second-order valence-corrected chi connectivity index (χ2v) is 3.86. The monoisotopic (exact) mass is 245 g/mol. The zero-order chi connectivity index (χ0) is 12.1. The molecule has 0 radical (unpaired) electrons. The molecule has 0 aromatic heterocycles. The lowest BCUT2D eigenvalue weighted by Gasteiger charge is -2.15. The van der Waals surface area contributed by atoms with E-state index in [0.29, 0.717) is 12.1 Å². The molecule has 5 heteroatoms. The molecule has 0 bridgehead atoms. The summed E-state index contributed by atoms with van der Waals surface area (Å²) in [5, 5.41) is 11.7. The Balaban J connectivity index is 2.77. The third-order valence-electron chi connectivity index (χ3n) is 2.14. The number of halogens is 2. The van der Waals surface area contributed by atoms with Crippen molar-refractivity contribution >= 4 is 23.3 Å². The minimum Gasteiger partial charge on any atom is -0.480 e. The first kappa shape index (κ1) is 12.8. The van der Waals surface area contributed by atoms with E-state index in [1.165, 1.54) is 18.2 Å². The number of carboxylic acid groups (broad SMARTS) is 1. The summed E-state index contributed by atoms with van der Waals surface area (Å²) in [6.45, 7) is 1.90. The van der Waals surface area contributed by atoms with Gasteiger partial charge in [0.15, 0.2) is 0 Å². The van der Waals surface area contributed by atoms with Gasteiger partial charge in [0.25, 0.3) is 0 Å². The van der Waals surface area contributed by atoms with Crippen LogP contribution in [-0.4, -0.2) is 17.1 Å². The Kier molecular flexibility index (Phi) is 4.55. The van der Waals surface area contributed by atoms with Crippen LogP contribution >= 0.6 is 11.6 Å². The SMILES string of the molecule is CCC[C@H](Nc1ccc(F)c(Cl)c1)C(=O)O. The molecule has 88 valence electrons. The van der Waals surface area contributed by atoms with Crippen molar-refractivity contribution in [2.75, 3.05) is 5.32 Å². The van der Waals surface area contributed by atoms with Gasteiger partial charge in [-0.3, -0.25) is 0 Å². The highest BCUT2D eigenvalue weighted by Gasteiger charge is 2.16.